The number of hydrogen-bond donors (Lipinski definition) is 7. The van der Waals surface area contributed by atoms with Crippen LogP contribution in [0.5, 0.6) is 5.75 Å². The number of aliphatic hydroxyl groups is 4. The largest absolute Gasteiger partial charge is 0.508 e. The van der Waals surface area contributed by atoms with Gasteiger partial charge in [0.15, 0.2) is 11.4 Å². The van der Waals surface area contributed by atoms with E-state index in [9.17, 15) is 39.9 Å². The van der Waals surface area contributed by atoms with Crippen molar-refractivity contribution in [2.75, 3.05) is 6.54 Å². The molecule has 0 saturated heterocycles. The number of amides is 1. The van der Waals surface area contributed by atoms with Crippen molar-refractivity contribution in [3.05, 3.63) is 81.6 Å². The van der Waals surface area contributed by atoms with Crippen molar-refractivity contribution in [3.8, 4) is 5.75 Å². The molecule has 0 radical (unpaired) electrons. The molecule has 10 nitrogen and oxygen atoms in total. The zero-order chi connectivity index (χ0) is 30.7. The number of fused-ring (bicyclic) bond motifs is 3. The summed E-state index contributed by atoms with van der Waals surface area (Å²) in [5.41, 5.74) is 3.26. The van der Waals surface area contributed by atoms with Gasteiger partial charge >= 0.3 is 0 Å². The summed E-state index contributed by atoms with van der Waals surface area (Å²) >= 11 is 0. The quantitative estimate of drug-likeness (QED) is 0.191. The van der Waals surface area contributed by atoms with Crippen LogP contribution in [0.25, 0.3) is 5.76 Å². The molecular weight excluding hydrogens is 540 g/mol. The Kier molecular flexibility index (Phi) is 7.51. The number of hydrogen-bond acceptors (Lipinski definition) is 9. The minimum Gasteiger partial charge on any atom is -0.508 e. The first-order valence-corrected chi connectivity index (χ1v) is 14.1. The minimum absolute atomic E-state index is 0.00963. The van der Waals surface area contributed by atoms with Crippen LogP contribution in [0.4, 0.5) is 0 Å². The van der Waals surface area contributed by atoms with Crippen molar-refractivity contribution in [1.29, 1.82) is 0 Å². The molecule has 42 heavy (non-hydrogen) atoms. The van der Waals surface area contributed by atoms with Gasteiger partial charge in [0.1, 0.15) is 22.8 Å². The van der Waals surface area contributed by atoms with Crippen LogP contribution in [0, 0.1) is 23.7 Å². The molecule has 1 amide bonds. The van der Waals surface area contributed by atoms with E-state index in [1.54, 1.807) is 32.9 Å². The molecule has 2 aromatic rings. The number of ketones is 2. The molecule has 0 unspecified atom stereocenters. The summed E-state index contributed by atoms with van der Waals surface area (Å²) in [7, 11) is 0. The standard InChI is InChI=1S/C32H36N2O8/c1-14(2)19-24-28(38)20-15(3)18-10-9-17(13-34-12-11-16-7-5-4-6-8-16)25(35)21(18)27(37)22(20)29(39)32(24,42)30(40)23(26(19)36)31(33)41/h4-10,14-15,19-20,24,28,34-35,37-38,40,42H,11-13H2,1-3H3,(H2,33,41)/t15-,19-,20+,24+,28-,32-/m0/s1. The predicted octanol–water partition coefficient (Wildman–Crippen LogP) is 2.17. The van der Waals surface area contributed by atoms with Crippen molar-refractivity contribution in [2.24, 2.45) is 29.4 Å². The molecule has 1 saturated carbocycles. The number of nitrogens with one attached hydrogen (secondary N) is 1. The second-order valence-corrected chi connectivity index (χ2v) is 11.9. The molecule has 6 atom stereocenters. The Balaban J connectivity index is 1.57. The van der Waals surface area contributed by atoms with E-state index in [0.29, 0.717) is 17.7 Å². The van der Waals surface area contributed by atoms with Crippen molar-refractivity contribution in [1.82, 2.24) is 5.32 Å². The van der Waals surface area contributed by atoms with Gasteiger partial charge in [-0.1, -0.05) is 63.2 Å². The number of nitrogens with two attached hydrogens (primary N) is 1. The van der Waals surface area contributed by atoms with Crippen LogP contribution in [0.1, 0.15) is 48.9 Å². The summed E-state index contributed by atoms with van der Waals surface area (Å²) < 4.78 is 0. The molecule has 0 heterocycles. The number of primary amides is 1. The van der Waals surface area contributed by atoms with Crippen LogP contribution in [-0.4, -0.2) is 61.3 Å². The van der Waals surface area contributed by atoms with Gasteiger partial charge in [0.25, 0.3) is 5.91 Å². The first kappa shape index (κ1) is 29.5. The topological polar surface area (TPSA) is 190 Å². The fraction of sp³-hybridized carbons (Fsp3) is 0.406. The lowest BCUT2D eigenvalue weighted by Crippen LogP contribution is -2.67. The maximum atomic E-state index is 14.1. The average molecular weight is 577 g/mol. The number of rotatable bonds is 7. The van der Waals surface area contributed by atoms with E-state index >= 15 is 0 Å². The molecule has 5 rings (SSSR count). The number of aliphatic hydroxyl groups excluding tert-OH is 3. The normalized spacial score (nSPS) is 29.0. The number of carbonyl (C=O) groups is 3. The average Bonchev–Trinajstić information content (AvgIpc) is 2.94. The van der Waals surface area contributed by atoms with Crippen molar-refractivity contribution in [3.63, 3.8) is 0 Å². The highest BCUT2D eigenvalue weighted by molar-refractivity contribution is 6.23. The number of aromatic hydroxyl groups is 1. The van der Waals surface area contributed by atoms with Gasteiger partial charge in [0.2, 0.25) is 5.78 Å². The van der Waals surface area contributed by atoms with E-state index in [0.717, 1.165) is 12.0 Å². The number of benzene rings is 2. The molecule has 0 aliphatic heterocycles. The highest BCUT2D eigenvalue weighted by atomic mass is 16.4. The highest BCUT2D eigenvalue weighted by Crippen LogP contribution is 2.57. The number of phenols is 1. The van der Waals surface area contributed by atoms with E-state index in [2.05, 4.69) is 5.32 Å². The SMILES string of the molecule is CC(C)[C@@H]1C(=O)C(C(N)=O)=C(O)[C@@]2(O)C(=O)C3=C(O)c4c(ccc(CNCCc5ccccc5)c4O)[C@H](C)[C@H]3[C@H](O)[C@@H]12. The molecule has 2 aromatic carbocycles. The zero-order valence-electron chi connectivity index (χ0n) is 23.7. The van der Waals surface area contributed by atoms with Gasteiger partial charge in [-0.25, -0.2) is 0 Å². The van der Waals surface area contributed by atoms with E-state index in [1.165, 1.54) is 0 Å². The fourth-order valence-electron chi connectivity index (χ4n) is 7.14. The third kappa shape index (κ3) is 4.24. The van der Waals surface area contributed by atoms with Crippen LogP contribution in [-0.2, 0) is 27.3 Å². The van der Waals surface area contributed by atoms with Gasteiger partial charge in [-0.15, -0.1) is 0 Å². The second-order valence-electron chi connectivity index (χ2n) is 11.9. The van der Waals surface area contributed by atoms with E-state index in [-0.39, 0.29) is 17.9 Å². The molecule has 222 valence electrons. The smallest absolute Gasteiger partial charge is 0.255 e. The Morgan fingerprint density at radius 2 is 1.74 bits per heavy atom. The lowest BCUT2D eigenvalue weighted by molar-refractivity contribution is -0.171. The van der Waals surface area contributed by atoms with Gasteiger partial charge in [0.05, 0.1) is 11.7 Å². The number of phenolic OH excluding ortho intramolecular Hbond substituents is 1. The third-order valence-electron chi connectivity index (χ3n) is 9.20. The van der Waals surface area contributed by atoms with Gasteiger partial charge in [0, 0.05) is 35.4 Å². The van der Waals surface area contributed by atoms with E-state index in [4.69, 9.17) is 5.73 Å². The zero-order valence-corrected chi connectivity index (χ0v) is 23.7. The van der Waals surface area contributed by atoms with Crippen LogP contribution in [0.3, 0.4) is 0 Å². The van der Waals surface area contributed by atoms with Gasteiger partial charge < -0.3 is 36.6 Å². The predicted molar refractivity (Wildman–Crippen MR) is 153 cm³/mol. The highest BCUT2D eigenvalue weighted by Gasteiger charge is 2.68. The summed E-state index contributed by atoms with van der Waals surface area (Å²) in [4.78, 5) is 39.6. The Morgan fingerprint density at radius 3 is 2.36 bits per heavy atom. The minimum atomic E-state index is -2.89. The first-order chi connectivity index (χ1) is 19.8. The Morgan fingerprint density at radius 1 is 1.07 bits per heavy atom. The molecule has 8 N–H and O–H groups in total. The molecule has 0 aromatic heterocycles. The maximum absolute atomic E-state index is 14.1. The maximum Gasteiger partial charge on any atom is 0.255 e. The monoisotopic (exact) mass is 576 g/mol. The Hall–Kier alpha value is -3.99. The van der Waals surface area contributed by atoms with Crippen LogP contribution < -0.4 is 11.1 Å². The molecule has 1 fully saturated rings. The summed E-state index contributed by atoms with van der Waals surface area (Å²) in [6, 6.07) is 13.3. The third-order valence-corrected chi connectivity index (χ3v) is 9.20. The van der Waals surface area contributed by atoms with Crippen LogP contribution >= 0.6 is 0 Å². The first-order valence-electron chi connectivity index (χ1n) is 14.1. The summed E-state index contributed by atoms with van der Waals surface area (Å²) in [6.07, 6.45) is -0.820. The molecule has 0 bridgehead atoms. The lowest BCUT2D eigenvalue weighted by atomic mass is 9.51. The molecule has 3 aliphatic rings. The van der Waals surface area contributed by atoms with Crippen molar-refractivity contribution < 1.29 is 39.9 Å². The van der Waals surface area contributed by atoms with Crippen LogP contribution in [0.15, 0.2) is 59.4 Å². The Bertz CT molecular complexity index is 1530. The lowest BCUT2D eigenvalue weighted by Gasteiger charge is -2.53. The molecule has 0 spiro atoms. The number of carbonyl (C=O) groups excluding carboxylic acids is 3. The van der Waals surface area contributed by atoms with Gasteiger partial charge in [-0.3, -0.25) is 14.4 Å². The summed E-state index contributed by atoms with van der Waals surface area (Å²) in [5.74, 6) is -10.4. The van der Waals surface area contributed by atoms with Crippen molar-refractivity contribution in [2.45, 2.75) is 51.4 Å². The fourth-order valence-corrected chi connectivity index (χ4v) is 7.14. The summed E-state index contributed by atoms with van der Waals surface area (Å²) in [6.45, 7) is 5.87. The van der Waals surface area contributed by atoms with Gasteiger partial charge in [-0.05, 0) is 35.9 Å². The summed E-state index contributed by atoms with van der Waals surface area (Å²) in [5, 5.41) is 60.5. The van der Waals surface area contributed by atoms with Crippen molar-refractivity contribution >= 4 is 23.2 Å². The molecule has 10 heteroatoms. The second kappa shape index (κ2) is 10.7. The van der Waals surface area contributed by atoms with E-state index in [1.807, 2.05) is 30.3 Å². The number of Topliss-reactive ketones (excluding diaryl/α,β-unsaturated/α-hetero) is 2. The van der Waals surface area contributed by atoms with Gasteiger partial charge in [-0.2, -0.15) is 0 Å². The van der Waals surface area contributed by atoms with E-state index < -0.39 is 81.4 Å². The molecular formula is C32H36N2O8. The van der Waals surface area contributed by atoms with Crippen LogP contribution in [0.2, 0.25) is 0 Å². The Labute approximate surface area is 243 Å². The molecule has 3 aliphatic carbocycles.